The van der Waals surface area contributed by atoms with E-state index in [0.717, 1.165) is 51.7 Å². The zero-order chi connectivity index (χ0) is 16.4. The van der Waals surface area contributed by atoms with Gasteiger partial charge < -0.3 is 9.64 Å². The number of aryl methyl sites for hydroxylation is 1. The van der Waals surface area contributed by atoms with Crippen LogP contribution in [0.5, 0.6) is 0 Å². The summed E-state index contributed by atoms with van der Waals surface area (Å²) in [6.07, 6.45) is 9.10. The molecule has 2 aromatic rings. The van der Waals surface area contributed by atoms with Crippen molar-refractivity contribution in [1.29, 1.82) is 0 Å². The SMILES string of the molecule is Cn1cc(CN2CC[C@@H]3CN(c4ncccn4)CCO[C@H]3C2)cn1. The second-order valence-corrected chi connectivity index (χ2v) is 6.71. The molecule has 7 heteroatoms. The number of aromatic nitrogens is 4. The fraction of sp³-hybridized carbons (Fsp3) is 0.588. The van der Waals surface area contributed by atoms with Crippen molar-refractivity contribution in [3.05, 3.63) is 36.4 Å². The molecule has 2 aliphatic heterocycles. The van der Waals surface area contributed by atoms with Crippen LogP contribution in [0.2, 0.25) is 0 Å². The minimum absolute atomic E-state index is 0.295. The first-order valence-corrected chi connectivity index (χ1v) is 8.61. The smallest absolute Gasteiger partial charge is 0.225 e. The summed E-state index contributed by atoms with van der Waals surface area (Å²) in [5, 5.41) is 4.26. The van der Waals surface area contributed by atoms with Crippen LogP contribution in [0.4, 0.5) is 5.95 Å². The lowest BCUT2D eigenvalue weighted by Gasteiger charge is -2.37. The first-order chi connectivity index (χ1) is 11.8. The van der Waals surface area contributed by atoms with E-state index in [4.69, 9.17) is 4.74 Å². The molecule has 0 bridgehead atoms. The largest absolute Gasteiger partial charge is 0.375 e. The predicted molar refractivity (Wildman–Crippen MR) is 90.6 cm³/mol. The molecule has 0 aromatic carbocycles. The van der Waals surface area contributed by atoms with E-state index in [9.17, 15) is 0 Å². The third kappa shape index (κ3) is 3.42. The molecule has 4 rings (SSSR count). The van der Waals surface area contributed by atoms with Crippen LogP contribution in [0.3, 0.4) is 0 Å². The Balaban J connectivity index is 1.39. The molecule has 2 aromatic heterocycles. The lowest BCUT2D eigenvalue weighted by atomic mass is 9.93. The summed E-state index contributed by atoms with van der Waals surface area (Å²) in [5.41, 5.74) is 1.27. The zero-order valence-electron chi connectivity index (χ0n) is 14.1. The van der Waals surface area contributed by atoms with E-state index in [1.54, 1.807) is 0 Å². The van der Waals surface area contributed by atoms with E-state index in [-0.39, 0.29) is 0 Å². The third-order valence-corrected chi connectivity index (χ3v) is 4.93. The van der Waals surface area contributed by atoms with Crippen molar-refractivity contribution in [2.24, 2.45) is 13.0 Å². The first-order valence-electron chi connectivity index (χ1n) is 8.61. The molecule has 4 heterocycles. The van der Waals surface area contributed by atoms with Crippen LogP contribution in [0.15, 0.2) is 30.9 Å². The van der Waals surface area contributed by atoms with E-state index >= 15 is 0 Å². The number of hydrogen-bond acceptors (Lipinski definition) is 6. The Hall–Kier alpha value is -1.99. The highest BCUT2D eigenvalue weighted by Gasteiger charge is 2.34. The molecule has 0 spiro atoms. The molecule has 128 valence electrons. The highest BCUT2D eigenvalue weighted by atomic mass is 16.5. The summed E-state index contributed by atoms with van der Waals surface area (Å²) in [6.45, 7) is 5.62. The summed E-state index contributed by atoms with van der Waals surface area (Å²) < 4.78 is 8.04. The van der Waals surface area contributed by atoms with E-state index in [2.05, 4.69) is 31.1 Å². The Morgan fingerprint density at radius 1 is 1.21 bits per heavy atom. The molecule has 2 saturated heterocycles. The van der Waals surface area contributed by atoms with Gasteiger partial charge in [-0.3, -0.25) is 9.58 Å². The predicted octanol–water partition coefficient (Wildman–Crippen LogP) is 0.937. The van der Waals surface area contributed by atoms with Gasteiger partial charge in [-0.2, -0.15) is 5.10 Å². The van der Waals surface area contributed by atoms with Crippen LogP contribution in [0, 0.1) is 5.92 Å². The second kappa shape index (κ2) is 6.86. The fourth-order valence-corrected chi connectivity index (χ4v) is 3.71. The maximum absolute atomic E-state index is 6.17. The maximum atomic E-state index is 6.17. The van der Waals surface area contributed by atoms with E-state index in [1.807, 2.05) is 36.4 Å². The summed E-state index contributed by atoms with van der Waals surface area (Å²) in [4.78, 5) is 13.5. The number of rotatable bonds is 3. The van der Waals surface area contributed by atoms with Gasteiger partial charge in [-0.25, -0.2) is 9.97 Å². The number of piperidine rings is 1. The maximum Gasteiger partial charge on any atom is 0.225 e. The monoisotopic (exact) mass is 328 g/mol. The molecule has 0 aliphatic carbocycles. The number of ether oxygens (including phenoxy) is 1. The number of fused-ring (bicyclic) bond motifs is 1. The van der Waals surface area contributed by atoms with Crippen molar-refractivity contribution < 1.29 is 4.74 Å². The van der Waals surface area contributed by atoms with Gasteiger partial charge in [-0.1, -0.05) is 0 Å². The molecule has 0 saturated carbocycles. The van der Waals surface area contributed by atoms with Crippen LogP contribution in [-0.4, -0.2) is 63.5 Å². The van der Waals surface area contributed by atoms with Crippen molar-refractivity contribution in [1.82, 2.24) is 24.6 Å². The van der Waals surface area contributed by atoms with Gasteiger partial charge in [0.05, 0.1) is 18.9 Å². The normalized spacial score (nSPS) is 25.3. The molecule has 24 heavy (non-hydrogen) atoms. The summed E-state index contributed by atoms with van der Waals surface area (Å²) in [5.74, 6) is 1.36. The number of likely N-dealkylation sites (tertiary alicyclic amines) is 1. The van der Waals surface area contributed by atoms with Crippen LogP contribution in [0.1, 0.15) is 12.0 Å². The molecule has 0 radical (unpaired) electrons. The van der Waals surface area contributed by atoms with Gasteiger partial charge in [-0.05, 0) is 19.0 Å². The van der Waals surface area contributed by atoms with Crippen LogP contribution in [-0.2, 0) is 18.3 Å². The molecule has 0 unspecified atom stereocenters. The van der Waals surface area contributed by atoms with Crippen LogP contribution in [0.25, 0.3) is 0 Å². The molecule has 2 atom stereocenters. The van der Waals surface area contributed by atoms with E-state index < -0.39 is 0 Å². The van der Waals surface area contributed by atoms with Gasteiger partial charge in [0, 0.05) is 63.3 Å². The zero-order valence-corrected chi connectivity index (χ0v) is 14.1. The standard InChI is InChI=1S/C17H24N6O/c1-21-10-14(9-20-21)11-22-6-3-15-12-23(7-8-24-16(15)13-22)17-18-4-2-5-19-17/h2,4-5,9-10,15-16H,3,6-8,11-13H2,1H3/t15-,16+/m1/s1. The van der Waals surface area contributed by atoms with Gasteiger partial charge in [0.25, 0.3) is 0 Å². The lowest BCUT2D eigenvalue weighted by Crippen LogP contribution is -2.46. The van der Waals surface area contributed by atoms with Gasteiger partial charge in [0.15, 0.2) is 0 Å². The van der Waals surface area contributed by atoms with E-state index in [0.29, 0.717) is 12.0 Å². The Morgan fingerprint density at radius 3 is 2.88 bits per heavy atom. The molecular weight excluding hydrogens is 304 g/mol. The molecule has 2 fully saturated rings. The fourth-order valence-electron chi connectivity index (χ4n) is 3.71. The average Bonchev–Trinajstić information content (AvgIpc) is 2.89. The highest BCUT2D eigenvalue weighted by Crippen LogP contribution is 2.26. The molecule has 2 aliphatic rings. The summed E-state index contributed by atoms with van der Waals surface area (Å²) in [7, 11) is 1.96. The molecule has 0 N–H and O–H groups in total. The van der Waals surface area contributed by atoms with Crippen LogP contribution < -0.4 is 4.90 Å². The van der Waals surface area contributed by atoms with Gasteiger partial charge in [0.2, 0.25) is 5.95 Å². The summed E-state index contributed by atoms with van der Waals surface area (Å²) >= 11 is 0. The number of nitrogens with zero attached hydrogens (tertiary/aromatic N) is 6. The van der Waals surface area contributed by atoms with Crippen LogP contribution >= 0.6 is 0 Å². The number of anilines is 1. The topological polar surface area (TPSA) is 59.3 Å². The van der Waals surface area contributed by atoms with Crippen molar-refractivity contribution in [3.63, 3.8) is 0 Å². The quantitative estimate of drug-likeness (QED) is 0.836. The minimum atomic E-state index is 0.295. The van der Waals surface area contributed by atoms with Gasteiger partial charge >= 0.3 is 0 Å². The average molecular weight is 328 g/mol. The van der Waals surface area contributed by atoms with Gasteiger partial charge in [-0.15, -0.1) is 0 Å². The van der Waals surface area contributed by atoms with Crippen molar-refractivity contribution in [2.45, 2.75) is 19.1 Å². The summed E-state index contributed by atoms with van der Waals surface area (Å²) in [6, 6.07) is 1.86. The minimum Gasteiger partial charge on any atom is -0.375 e. The number of hydrogen-bond donors (Lipinski definition) is 0. The molecular formula is C17H24N6O. The molecule has 7 nitrogen and oxygen atoms in total. The van der Waals surface area contributed by atoms with Gasteiger partial charge in [0.1, 0.15) is 0 Å². The highest BCUT2D eigenvalue weighted by molar-refractivity contribution is 5.29. The second-order valence-electron chi connectivity index (χ2n) is 6.71. The Kier molecular flexibility index (Phi) is 4.44. The Morgan fingerprint density at radius 2 is 2.08 bits per heavy atom. The van der Waals surface area contributed by atoms with Crippen molar-refractivity contribution in [2.75, 3.05) is 37.7 Å². The van der Waals surface area contributed by atoms with E-state index in [1.165, 1.54) is 5.56 Å². The Bertz CT molecular complexity index is 660. The Labute approximate surface area is 142 Å². The molecule has 0 amide bonds. The third-order valence-electron chi connectivity index (χ3n) is 4.93. The van der Waals surface area contributed by atoms with Crippen molar-refractivity contribution in [3.8, 4) is 0 Å². The first kappa shape index (κ1) is 15.5. The van der Waals surface area contributed by atoms with Crippen molar-refractivity contribution >= 4 is 5.95 Å². The lowest BCUT2D eigenvalue weighted by molar-refractivity contribution is -0.0239.